The van der Waals surface area contributed by atoms with E-state index in [2.05, 4.69) is 31.3 Å². The van der Waals surface area contributed by atoms with Crippen LogP contribution in [-0.4, -0.2) is 11.4 Å². The van der Waals surface area contributed by atoms with Crippen molar-refractivity contribution in [2.45, 2.75) is 72.3 Å². The highest BCUT2D eigenvalue weighted by Gasteiger charge is 2.39. The molecule has 1 aliphatic rings. The maximum absolute atomic E-state index is 12.2. The molecule has 1 aromatic rings. The number of hydrogen-bond donors (Lipinski definition) is 1. The first-order chi connectivity index (χ1) is 9.20. The second-order valence-electron chi connectivity index (χ2n) is 6.85. The largest absolute Gasteiger partial charge is 0.347 e. The maximum Gasteiger partial charge on any atom is 0.251 e. The van der Waals surface area contributed by atoms with Gasteiger partial charge in [0.05, 0.1) is 0 Å². The number of hydrogen-bond acceptors (Lipinski definition) is 1. The highest BCUT2D eigenvalue weighted by atomic mass is 16.1. The fraction of sp³-hybridized carbons (Fsp3) is 0.611. The maximum atomic E-state index is 12.2. The molecule has 1 aliphatic carbocycles. The zero-order chi connectivity index (χ0) is 15.6. The Balaban J connectivity index is 0.000000956. The van der Waals surface area contributed by atoms with Gasteiger partial charge in [-0.2, -0.15) is 0 Å². The Kier molecular flexibility index (Phi) is 5.01. The number of aryl methyl sites for hydroxylation is 1. The molecule has 0 aliphatic heterocycles. The molecule has 0 unspecified atom stereocenters. The predicted molar refractivity (Wildman–Crippen MR) is 86.3 cm³/mol. The van der Waals surface area contributed by atoms with Crippen LogP contribution in [0.4, 0.5) is 0 Å². The van der Waals surface area contributed by atoms with E-state index in [1.54, 1.807) is 0 Å². The van der Waals surface area contributed by atoms with Crippen LogP contribution >= 0.6 is 0 Å². The summed E-state index contributed by atoms with van der Waals surface area (Å²) in [5, 5.41) is 3.02. The standard InChI is InChI=1S/C16H23NO.C2H6/c1-11-8-12(14(18)17-15(2,3)4)10-13(9-11)16(5)6-7-16;1-2/h8-10H,6-7H2,1-5H3,(H,17,18);1-2H3. The normalized spacial score (nSPS) is 15.9. The van der Waals surface area contributed by atoms with Crippen molar-refractivity contribution in [1.29, 1.82) is 0 Å². The van der Waals surface area contributed by atoms with Crippen LogP contribution in [0, 0.1) is 6.92 Å². The number of nitrogens with one attached hydrogen (secondary N) is 1. The fourth-order valence-electron chi connectivity index (χ4n) is 2.15. The average Bonchev–Trinajstić information content (AvgIpc) is 3.08. The molecular formula is C18H29NO. The Labute approximate surface area is 124 Å². The van der Waals surface area contributed by atoms with Gasteiger partial charge in [0, 0.05) is 11.1 Å². The summed E-state index contributed by atoms with van der Waals surface area (Å²) in [5.41, 5.74) is 3.38. The molecule has 1 amide bonds. The molecule has 20 heavy (non-hydrogen) atoms. The van der Waals surface area contributed by atoms with Gasteiger partial charge in [-0.25, -0.2) is 0 Å². The zero-order valence-corrected chi connectivity index (χ0v) is 14.1. The Morgan fingerprint density at radius 2 is 1.70 bits per heavy atom. The summed E-state index contributed by atoms with van der Waals surface area (Å²) in [6.07, 6.45) is 2.47. The summed E-state index contributed by atoms with van der Waals surface area (Å²) in [6.45, 7) is 14.3. The summed E-state index contributed by atoms with van der Waals surface area (Å²) in [7, 11) is 0. The molecular weight excluding hydrogens is 246 g/mol. The van der Waals surface area contributed by atoms with E-state index in [1.807, 2.05) is 40.7 Å². The van der Waals surface area contributed by atoms with Gasteiger partial charge in [-0.05, 0) is 63.6 Å². The Morgan fingerprint density at radius 1 is 1.15 bits per heavy atom. The highest BCUT2D eigenvalue weighted by molar-refractivity contribution is 5.95. The molecule has 1 saturated carbocycles. The van der Waals surface area contributed by atoms with Crippen LogP contribution in [0.1, 0.15) is 75.9 Å². The first kappa shape index (κ1) is 16.7. The smallest absolute Gasteiger partial charge is 0.251 e. The molecule has 1 aromatic carbocycles. The van der Waals surface area contributed by atoms with Gasteiger partial charge < -0.3 is 5.32 Å². The lowest BCUT2D eigenvalue weighted by molar-refractivity contribution is 0.0919. The van der Waals surface area contributed by atoms with Gasteiger partial charge >= 0.3 is 0 Å². The minimum absolute atomic E-state index is 0.0247. The third-order valence-electron chi connectivity index (χ3n) is 3.52. The molecule has 1 fully saturated rings. The third-order valence-corrected chi connectivity index (χ3v) is 3.52. The molecule has 0 aromatic heterocycles. The third kappa shape index (κ3) is 4.36. The second kappa shape index (κ2) is 5.99. The predicted octanol–water partition coefficient (Wildman–Crippen LogP) is 4.60. The van der Waals surface area contributed by atoms with E-state index in [1.165, 1.54) is 24.0 Å². The lowest BCUT2D eigenvalue weighted by Gasteiger charge is -2.21. The minimum Gasteiger partial charge on any atom is -0.347 e. The van der Waals surface area contributed by atoms with Crippen LogP contribution < -0.4 is 5.32 Å². The molecule has 0 saturated heterocycles. The number of carbonyl (C=O) groups is 1. The van der Waals surface area contributed by atoms with Crippen LogP contribution in [0.5, 0.6) is 0 Å². The Hall–Kier alpha value is -1.31. The van der Waals surface area contributed by atoms with Crippen LogP contribution in [-0.2, 0) is 5.41 Å². The molecule has 2 nitrogen and oxygen atoms in total. The van der Waals surface area contributed by atoms with Crippen molar-refractivity contribution >= 4 is 5.91 Å². The van der Waals surface area contributed by atoms with E-state index in [4.69, 9.17) is 0 Å². The van der Waals surface area contributed by atoms with Gasteiger partial charge in [0.2, 0.25) is 0 Å². The lowest BCUT2D eigenvalue weighted by Crippen LogP contribution is -2.40. The Bertz CT molecular complexity index is 479. The summed E-state index contributed by atoms with van der Waals surface area (Å²) >= 11 is 0. The van der Waals surface area contributed by atoms with Crippen molar-refractivity contribution in [3.8, 4) is 0 Å². The lowest BCUT2D eigenvalue weighted by atomic mass is 9.94. The van der Waals surface area contributed by atoms with Gasteiger partial charge in [0.15, 0.2) is 0 Å². The van der Waals surface area contributed by atoms with E-state index in [0.717, 1.165) is 5.56 Å². The van der Waals surface area contributed by atoms with E-state index in [0.29, 0.717) is 5.41 Å². The molecule has 0 heterocycles. The van der Waals surface area contributed by atoms with Crippen molar-refractivity contribution in [3.05, 3.63) is 34.9 Å². The summed E-state index contributed by atoms with van der Waals surface area (Å²) in [6, 6.07) is 6.23. The van der Waals surface area contributed by atoms with Crippen LogP contribution in [0.3, 0.4) is 0 Å². The molecule has 0 spiro atoms. The molecule has 2 heteroatoms. The van der Waals surface area contributed by atoms with Crippen molar-refractivity contribution in [2.24, 2.45) is 0 Å². The van der Waals surface area contributed by atoms with E-state index < -0.39 is 0 Å². The quantitative estimate of drug-likeness (QED) is 0.839. The summed E-state index contributed by atoms with van der Waals surface area (Å²) < 4.78 is 0. The molecule has 0 bridgehead atoms. The SMILES string of the molecule is CC.Cc1cc(C(=O)NC(C)(C)C)cc(C2(C)CC2)c1. The summed E-state index contributed by atoms with van der Waals surface area (Å²) in [4.78, 5) is 12.2. The molecule has 0 radical (unpaired) electrons. The topological polar surface area (TPSA) is 29.1 Å². The zero-order valence-electron chi connectivity index (χ0n) is 14.1. The number of amides is 1. The molecule has 2 rings (SSSR count). The average molecular weight is 275 g/mol. The monoisotopic (exact) mass is 275 g/mol. The molecule has 1 N–H and O–H groups in total. The van der Waals surface area contributed by atoms with Crippen molar-refractivity contribution < 1.29 is 4.79 Å². The molecule has 112 valence electrons. The first-order valence-corrected chi connectivity index (χ1v) is 7.64. The van der Waals surface area contributed by atoms with Gasteiger partial charge in [-0.3, -0.25) is 4.79 Å². The number of rotatable bonds is 2. The molecule has 0 atom stereocenters. The van der Waals surface area contributed by atoms with Crippen molar-refractivity contribution in [2.75, 3.05) is 0 Å². The number of carbonyl (C=O) groups excluding carboxylic acids is 1. The number of benzene rings is 1. The van der Waals surface area contributed by atoms with Gasteiger partial charge in [0.25, 0.3) is 5.91 Å². The van der Waals surface area contributed by atoms with Gasteiger partial charge in [0.1, 0.15) is 0 Å². The van der Waals surface area contributed by atoms with E-state index in [-0.39, 0.29) is 11.4 Å². The summed E-state index contributed by atoms with van der Waals surface area (Å²) in [5.74, 6) is 0.0247. The minimum atomic E-state index is -0.190. The van der Waals surface area contributed by atoms with Crippen molar-refractivity contribution in [1.82, 2.24) is 5.32 Å². The highest BCUT2D eigenvalue weighted by Crippen LogP contribution is 2.47. The van der Waals surface area contributed by atoms with Crippen molar-refractivity contribution in [3.63, 3.8) is 0 Å². The van der Waals surface area contributed by atoms with Gasteiger partial charge in [-0.1, -0.05) is 32.4 Å². The van der Waals surface area contributed by atoms with Gasteiger partial charge in [-0.15, -0.1) is 0 Å². The first-order valence-electron chi connectivity index (χ1n) is 7.64. The van der Waals surface area contributed by atoms with Crippen LogP contribution in [0.2, 0.25) is 0 Å². The van der Waals surface area contributed by atoms with Crippen LogP contribution in [0.25, 0.3) is 0 Å². The van der Waals surface area contributed by atoms with Crippen LogP contribution in [0.15, 0.2) is 18.2 Å². The second-order valence-corrected chi connectivity index (χ2v) is 6.85. The van der Waals surface area contributed by atoms with E-state index >= 15 is 0 Å². The van der Waals surface area contributed by atoms with E-state index in [9.17, 15) is 4.79 Å². The fourth-order valence-corrected chi connectivity index (χ4v) is 2.15. The Morgan fingerprint density at radius 3 is 2.15 bits per heavy atom.